The Balaban J connectivity index is 0.000000279. The van der Waals surface area contributed by atoms with E-state index in [0.29, 0.717) is 119 Å². The van der Waals surface area contributed by atoms with E-state index in [1.165, 1.54) is 44.5 Å². The van der Waals surface area contributed by atoms with E-state index >= 15 is 0 Å². The summed E-state index contributed by atoms with van der Waals surface area (Å²) >= 11 is 0. The Hall–Kier alpha value is -8.70. The number of pyridine rings is 4. The molecule has 44 heteroatoms. The monoisotopic (exact) mass is 1790 g/mol. The van der Waals surface area contributed by atoms with Crippen molar-refractivity contribution in [1.29, 1.82) is 0 Å². The maximum absolute atomic E-state index is 10.7. The minimum atomic E-state index is -10.7. The van der Waals surface area contributed by atoms with Crippen LogP contribution in [0.4, 0.5) is 101 Å². The van der Waals surface area contributed by atoms with Crippen molar-refractivity contribution in [3.8, 4) is 56.8 Å². The molecule has 0 amide bonds. The molecule has 9 aromatic rings. The molecule has 18 bridgehead atoms. The van der Waals surface area contributed by atoms with Gasteiger partial charge in [0, 0.05) is 65.7 Å². The third kappa shape index (κ3) is 56.4. The zero-order chi connectivity index (χ0) is 86.2. The van der Waals surface area contributed by atoms with Gasteiger partial charge in [-0.3, -0.25) is 0 Å². The Bertz CT molecular complexity index is 4010. The van der Waals surface area contributed by atoms with Gasteiger partial charge in [-0.2, -0.15) is 0 Å². The van der Waals surface area contributed by atoms with Gasteiger partial charge in [-0.05, 0) is 100 Å². The molecular weight excluding hydrogens is 1700 g/mol. The number of ether oxygens (including phenoxy) is 12. The molecule has 0 N–H and O–H groups in total. The van der Waals surface area contributed by atoms with Crippen LogP contribution in [0.25, 0.3) is 22.3 Å². The van der Waals surface area contributed by atoms with E-state index in [-0.39, 0.29) is 0 Å². The predicted octanol–water partition coefficient (Wildman–Crippen LogP) is 22.9. The van der Waals surface area contributed by atoms with Gasteiger partial charge >= 0.3 is 132 Å². The van der Waals surface area contributed by atoms with Crippen LogP contribution in [-0.2, 0) is 61.0 Å². The zero-order valence-corrected chi connectivity index (χ0v) is 65.2. The first-order valence-corrected chi connectivity index (χ1v) is 42.9. The molecular formula is C73H82F24N4O12P4. The maximum Gasteiger partial charge on any atom is 0.182 e. The second kappa shape index (κ2) is 39.0. The van der Waals surface area contributed by atoms with E-state index in [1.54, 1.807) is 0 Å². The summed E-state index contributed by atoms with van der Waals surface area (Å²) in [7, 11) is -42.6. The Kier molecular flexibility index (Phi) is 32.4. The number of halogens is 24. The molecule has 0 atom stereocenters. The Morgan fingerprint density at radius 2 is 0.385 bits per heavy atom. The van der Waals surface area contributed by atoms with Crippen LogP contribution in [-0.4, -0.2) is 119 Å². The summed E-state index contributed by atoms with van der Waals surface area (Å²) in [5.41, 5.74) is 9.99. The van der Waals surface area contributed by atoms with Crippen LogP contribution in [0, 0.1) is 0 Å². The van der Waals surface area contributed by atoms with Gasteiger partial charge in [0.2, 0.25) is 0 Å². The quantitative estimate of drug-likeness (QED) is 0.0815. The van der Waals surface area contributed by atoms with Crippen molar-refractivity contribution < 1.29 is 176 Å². The van der Waals surface area contributed by atoms with Crippen molar-refractivity contribution in [3.05, 3.63) is 242 Å². The fraction of sp³-hybridized carbons (Fsp3) is 0.315. The van der Waals surface area contributed by atoms with Crippen molar-refractivity contribution in [1.82, 2.24) is 0 Å². The first-order chi connectivity index (χ1) is 53.9. The topological polar surface area (TPSA) is 126 Å². The molecule has 0 aliphatic carbocycles. The Labute approximate surface area is 654 Å². The predicted molar refractivity (Wildman–Crippen MR) is 390 cm³/mol. The summed E-state index contributed by atoms with van der Waals surface area (Å²) in [6.45, 7) is 12.1. The van der Waals surface area contributed by atoms with Crippen molar-refractivity contribution in [3.63, 3.8) is 0 Å². The second-order valence-electron chi connectivity index (χ2n) is 25.0. The fourth-order valence-electron chi connectivity index (χ4n) is 9.70. The van der Waals surface area contributed by atoms with Crippen LogP contribution in [0.2, 0.25) is 0 Å². The molecule has 0 unspecified atom stereocenters. The average molecular weight is 1790 g/mol. The minimum Gasteiger partial charge on any atom is -0.491 e. The minimum absolute atomic E-state index is 0.459. The van der Waals surface area contributed by atoms with Crippen LogP contribution >= 0.6 is 31.2 Å². The number of hydrogen-bond donors (Lipinski definition) is 0. The number of benzene rings is 5. The Morgan fingerprint density at radius 3 is 0.607 bits per heavy atom. The molecule has 654 valence electrons. The van der Waals surface area contributed by atoms with Crippen molar-refractivity contribution in [2.45, 2.75) is 32.6 Å². The number of hydrogen-bond acceptors (Lipinski definition) is 12. The van der Waals surface area contributed by atoms with E-state index in [9.17, 15) is 101 Å². The van der Waals surface area contributed by atoms with Crippen LogP contribution in [0.15, 0.2) is 219 Å². The standard InChI is InChI=1S/C45H42N4O2.C28H40O10.4F6P/c1-2-44-33-45(3-1)51-31-29-47-22-14-41(15-23-47)43-18-26-49(27-19-43)35-39-10-6-37(7-11-39)32-36-4-8-38(9-5-36)34-48-24-16-42(17-25-48)40-12-20-46(21-13-40)28-30-50-44;1-2-26-4-3-25(1)35-21-17-31-13-9-29-11-15-33-19-23-37-27-5-7-28(8-6-27)38-24-20-34-16-12-30-10-14-32-18-22-36-26;4*1-7(2,3,4,5)6/h1-27,33H,28-32,34-35H2;1-8H,9-24H2;;;;/q+4;;4*-1. The smallest absolute Gasteiger partial charge is 0.182 e. The molecule has 16 nitrogen and oxygen atoms in total. The molecule has 17 heterocycles. The van der Waals surface area contributed by atoms with E-state index in [2.05, 4.69) is 165 Å². The summed E-state index contributed by atoms with van der Waals surface area (Å²) in [6.07, 6.45) is 18.0. The zero-order valence-electron chi connectivity index (χ0n) is 61.6. The molecule has 5 aromatic carbocycles. The third-order valence-corrected chi connectivity index (χ3v) is 14.6. The molecule has 0 radical (unpaired) electrons. The molecule has 13 aliphatic rings. The summed E-state index contributed by atoms with van der Waals surface area (Å²) in [5, 5.41) is 0. The molecule has 0 fully saturated rings. The summed E-state index contributed by atoms with van der Waals surface area (Å²) < 4.78 is 314. The van der Waals surface area contributed by atoms with Crippen LogP contribution < -0.4 is 46.7 Å². The van der Waals surface area contributed by atoms with Crippen LogP contribution in [0.1, 0.15) is 22.3 Å². The second-order valence-corrected chi connectivity index (χ2v) is 32.7. The van der Waals surface area contributed by atoms with E-state index in [1.807, 2.05) is 72.8 Å². The van der Waals surface area contributed by atoms with Gasteiger partial charge in [0.15, 0.2) is 75.8 Å². The van der Waals surface area contributed by atoms with Crippen molar-refractivity contribution in [2.24, 2.45) is 0 Å². The van der Waals surface area contributed by atoms with Crippen molar-refractivity contribution in [2.75, 3.05) is 119 Å². The first-order valence-electron chi connectivity index (χ1n) is 34.8. The molecule has 0 spiro atoms. The largest absolute Gasteiger partial charge is 0.491 e. The van der Waals surface area contributed by atoms with E-state index in [4.69, 9.17) is 56.8 Å². The van der Waals surface area contributed by atoms with Gasteiger partial charge in [0.1, 0.15) is 74.1 Å². The number of fused-ring (bicyclic) bond motifs is 2. The first kappa shape index (κ1) is 97.1. The third-order valence-electron chi connectivity index (χ3n) is 14.6. The molecule has 117 heavy (non-hydrogen) atoms. The Morgan fingerprint density at radius 1 is 0.197 bits per heavy atom. The molecule has 22 rings (SSSR count). The SMILES string of the molecule is F[P-](F)(F)(F)(F)F.F[P-](F)(F)(F)(F)F.F[P-](F)(F)(F)(F)F.F[P-](F)(F)(F)(F)F.c1cc2cc(c1)OCC[n+]1ccc(cc1)-c1cc[n+](cc1)Cc1ccc(cc1)Cc1ccc(cc1)C[n+]1ccc(cc1)-c1cc[n+](cc1)CCO2.c1cc2ccc1OCCOCCOCCOCCOc1ccc(cc1)OCCOCCOCCOCCO2. The molecule has 0 saturated heterocycles. The van der Waals surface area contributed by atoms with Crippen LogP contribution in [0.5, 0.6) is 34.5 Å². The van der Waals surface area contributed by atoms with E-state index < -0.39 is 31.2 Å². The van der Waals surface area contributed by atoms with Gasteiger partial charge in [-0.1, -0.05) is 54.6 Å². The van der Waals surface area contributed by atoms with E-state index in [0.717, 1.165) is 67.1 Å². The van der Waals surface area contributed by atoms with Gasteiger partial charge in [0.25, 0.3) is 0 Å². The molecule has 13 aliphatic heterocycles. The van der Waals surface area contributed by atoms with Gasteiger partial charge < -0.3 is 56.8 Å². The fourth-order valence-corrected chi connectivity index (χ4v) is 9.70. The molecule has 4 aromatic heterocycles. The number of aromatic nitrogens is 4. The van der Waals surface area contributed by atoms with Gasteiger partial charge in [0.05, 0.1) is 79.3 Å². The summed E-state index contributed by atoms with van der Waals surface area (Å²) in [5.74, 6) is 4.66. The van der Waals surface area contributed by atoms with Gasteiger partial charge in [-0.15, -0.1) is 0 Å². The van der Waals surface area contributed by atoms with Gasteiger partial charge in [-0.25, -0.2) is 18.3 Å². The average Bonchev–Trinajstić information content (AvgIpc) is 0.801. The van der Waals surface area contributed by atoms with Crippen molar-refractivity contribution >= 4 is 31.2 Å². The number of nitrogens with zero attached hydrogens (tertiary/aromatic N) is 4. The number of rotatable bonds is 0. The normalized spacial score (nSPS) is 17.5. The van der Waals surface area contributed by atoms with Crippen LogP contribution in [0.3, 0.4) is 0 Å². The summed E-state index contributed by atoms with van der Waals surface area (Å²) in [6, 6.07) is 58.3. The molecule has 0 saturated carbocycles. The maximum atomic E-state index is 9.87. The summed E-state index contributed by atoms with van der Waals surface area (Å²) in [4.78, 5) is 0.